The molecule has 1 fully saturated rings. The molecular formula is C25H26N4O3. The molecule has 2 N–H and O–H groups in total. The van der Waals surface area contributed by atoms with Crippen LogP contribution in [-0.2, 0) is 11.2 Å². The Morgan fingerprint density at radius 3 is 2.66 bits per heavy atom. The molecule has 3 atom stereocenters. The van der Waals surface area contributed by atoms with E-state index in [9.17, 15) is 14.4 Å². The Morgan fingerprint density at radius 1 is 1.16 bits per heavy atom. The number of benzene rings is 2. The number of hydrogen-bond donors (Lipinski definition) is 2. The van der Waals surface area contributed by atoms with E-state index >= 15 is 0 Å². The number of para-hydroxylation sites is 2. The molecule has 0 saturated carbocycles. The molecule has 7 heteroatoms. The second-order valence-corrected chi connectivity index (χ2v) is 8.62. The molecule has 2 aromatic carbocycles. The Morgan fingerprint density at radius 2 is 1.88 bits per heavy atom. The van der Waals surface area contributed by atoms with Crippen LogP contribution in [0, 0.1) is 0 Å². The van der Waals surface area contributed by atoms with Crippen LogP contribution >= 0.6 is 0 Å². The SMILES string of the molecule is CC[C@@H](C)NC(=O)c1ccccc1N1C(=O)[C@@H]2Cc3c([nH]c4ccccc34)[C@H](C)N2C1=O. The lowest BCUT2D eigenvalue weighted by Gasteiger charge is -2.33. The quantitative estimate of drug-likeness (QED) is 0.610. The van der Waals surface area contributed by atoms with E-state index in [1.165, 1.54) is 4.90 Å². The van der Waals surface area contributed by atoms with Gasteiger partial charge in [0.05, 0.1) is 17.3 Å². The fraction of sp³-hybridized carbons (Fsp3) is 0.320. The number of carbonyl (C=O) groups excluding carboxylic acids is 3. The van der Waals surface area contributed by atoms with Crippen LogP contribution in [0.25, 0.3) is 10.9 Å². The highest BCUT2D eigenvalue weighted by molar-refractivity contribution is 6.24. The van der Waals surface area contributed by atoms with E-state index in [2.05, 4.69) is 10.3 Å². The van der Waals surface area contributed by atoms with Crippen LogP contribution in [-0.4, -0.2) is 39.8 Å². The van der Waals surface area contributed by atoms with Gasteiger partial charge in [0.2, 0.25) is 0 Å². The van der Waals surface area contributed by atoms with Crippen molar-refractivity contribution in [3.8, 4) is 0 Å². The number of hydrogen-bond acceptors (Lipinski definition) is 3. The second-order valence-electron chi connectivity index (χ2n) is 8.62. The van der Waals surface area contributed by atoms with Crippen molar-refractivity contribution in [1.82, 2.24) is 15.2 Å². The number of nitrogens with zero attached hydrogens (tertiary/aromatic N) is 2. The number of aromatic amines is 1. The number of rotatable bonds is 4. The Bertz CT molecular complexity index is 1250. The predicted octanol–water partition coefficient (Wildman–Crippen LogP) is 4.15. The number of urea groups is 1. The molecule has 1 saturated heterocycles. The second kappa shape index (κ2) is 7.51. The Labute approximate surface area is 186 Å². The monoisotopic (exact) mass is 430 g/mol. The lowest BCUT2D eigenvalue weighted by molar-refractivity contribution is -0.120. The third-order valence-electron chi connectivity index (χ3n) is 6.71. The topological polar surface area (TPSA) is 85.5 Å². The number of carbonyl (C=O) groups is 3. The van der Waals surface area contributed by atoms with Crippen LogP contribution in [0.4, 0.5) is 10.5 Å². The van der Waals surface area contributed by atoms with Crippen molar-refractivity contribution in [3.05, 3.63) is 65.4 Å². The van der Waals surface area contributed by atoms with Gasteiger partial charge >= 0.3 is 6.03 Å². The van der Waals surface area contributed by atoms with Gasteiger partial charge in [0.25, 0.3) is 11.8 Å². The van der Waals surface area contributed by atoms with E-state index in [-0.39, 0.29) is 29.9 Å². The third-order valence-corrected chi connectivity index (χ3v) is 6.71. The highest BCUT2D eigenvalue weighted by Gasteiger charge is 2.52. The molecule has 0 unspecified atom stereocenters. The molecule has 0 bridgehead atoms. The summed E-state index contributed by atoms with van der Waals surface area (Å²) >= 11 is 0. The van der Waals surface area contributed by atoms with E-state index in [0.29, 0.717) is 17.7 Å². The van der Waals surface area contributed by atoms with Gasteiger partial charge in [-0.15, -0.1) is 0 Å². The first-order chi connectivity index (χ1) is 15.4. The van der Waals surface area contributed by atoms with Crippen molar-refractivity contribution in [2.24, 2.45) is 0 Å². The number of anilines is 1. The van der Waals surface area contributed by atoms with Gasteiger partial charge in [-0.3, -0.25) is 9.59 Å². The molecule has 0 spiro atoms. The molecule has 0 radical (unpaired) electrons. The average molecular weight is 431 g/mol. The van der Waals surface area contributed by atoms with Crippen LogP contribution in [0.15, 0.2) is 48.5 Å². The standard InChI is InChI=1S/C25H26N4O3/c1-4-14(2)26-23(30)17-10-6-8-12-20(17)29-24(31)21-13-18-16-9-5-7-11-19(16)27-22(18)15(3)28(21)25(29)32/h5-12,14-15,21,27H,4,13H2,1-3H3,(H,26,30)/t14-,15+,21+/m1/s1. The summed E-state index contributed by atoms with van der Waals surface area (Å²) in [6.07, 6.45) is 1.24. The van der Waals surface area contributed by atoms with Gasteiger partial charge in [0.1, 0.15) is 6.04 Å². The first kappa shape index (κ1) is 20.3. The van der Waals surface area contributed by atoms with Gasteiger partial charge < -0.3 is 15.2 Å². The summed E-state index contributed by atoms with van der Waals surface area (Å²) in [5.41, 5.74) is 3.71. The first-order valence-electron chi connectivity index (χ1n) is 11.1. The fourth-order valence-electron chi connectivity index (χ4n) is 4.85. The molecule has 2 aliphatic heterocycles. The largest absolute Gasteiger partial charge is 0.356 e. The molecule has 32 heavy (non-hydrogen) atoms. The summed E-state index contributed by atoms with van der Waals surface area (Å²) in [7, 11) is 0. The highest BCUT2D eigenvalue weighted by Crippen LogP contribution is 2.42. The molecule has 3 aromatic rings. The Kier molecular flexibility index (Phi) is 4.77. The minimum atomic E-state index is -0.588. The highest BCUT2D eigenvalue weighted by atomic mass is 16.2. The third kappa shape index (κ3) is 2.92. The van der Waals surface area contributed by atoms with Crippen molar-refractivity contribution in [1.29, 1.82) is 0 Å². The van der Waals surface area contributed by atoms with Gasteiger partial charge in [-0.1, -0.05) is 37.3 Å². The van der Waals surface area contributed by atoms with Crippen molar-refractivity contribution in [2.45, 2.75) is 51.7 Å². The summed E-state index contributed by atoms with van der Waals surface area (Å²) in [6.45, 7) is 5.85. The van der Waals surface area contributed by atoms with Crippen LogP contribution in [0.5, 0.6) is 0 Å². The van der Waals surface area contributed by atoms with Crippen molar-refractivity contribution in [3.63, 3.8) is 0 Å². The van der Waals surface area contributed by atoms with Gasteiger partial charge in [-0.2, -0.15) is 0 Å². The number of aromatic nitrogens is 1. The summed E-state index contributed by atoms with van der Waals surface area (Å²) in [5.74, 6) is -0.578. The summed E-state index contributed by atoms with van der Waals surface area (Å²) in [6, 6.07) is 13.5. The number of fused-ring (bicyclic) bond motifs is 4. The molecule has 5 rings (SSSR count). The molecule has 7 nitrogen and oxygen atoms in total. The molecule has 1 aromatic heterocycles. The lowest BCUT2D eigenvalue weighted by Crippen LogP contribution is -2.42. The van der Waals surface area contributed by atoms with Crippen molar-refractivity contribution >= 4 is 34.4 Å². The molecule has 4 amide bonds. The van der Waals surface area contributed by atoms with E-state index in [0.717, 1.165) is 28.6 Å². The van der Waals surface area contributed by atoms with Gasteiger partial charge in [-0.25, -0.2) is 9.69 Å². The zero-order valence-electron chi connectivity index (χ0n) is 18.4. The van der Waals surface area contributed by atoms with E-state index in [4.69, 9.17) is 0 Å². The fourth-order valence-corrected chi connectivity index (χ4v) is 4.85. The Hall–Kier alpha value is -3.61. The number of amides is 4. The zero-order valence-corrected chi connectivity index (χ0v) is 18.4. The maximum atomic E-state index is 13.5. The molecule has 164 valence electrons. The van der Waals surface area contributed by atoms with Gasteiger partial charge in [0.15, 0.2) is 0 Å². The normalized spacial score (nSPS) is 21.0. The van der Waals surface area contributed by atoms with Gasteiger partial charge in [-0.05, 0) is 44.0 Å². The summed E-state index contributed by atoms with van der Waals surface area (Å²) in [4.78, 5) is 46.2. The smallest absolute Gasteiger partial charge is 0.332 e. The summed E-state index contributed by atoms with van der Waals surface area (Å²) in [5, 5.41) is 4.02. The van der Waals surface area contributed by atoms with Gasteiger partial charge in [0, 0.05) is 29.1 Å². The van der Waals surface area contributed by atoms with Crippen LogP contribution < -0.4 is 10.2 Å². The molecular weight excluding hydrogens is 404 g/mol. The predicted molar refractivity (Wildman–Crippen MR) is 123 cm³/mol. The lowest BCUT2D eigenvalue weighted by atomic mass is 9.93. The minimum absolute atomic E-state index is 0.00907. The van der Waals surface area contributed by atoms with Crippen LogP contribution in [0.1, 0.15) is 54.8 Å². The summed E-state index contributed by atoms with van der Waals surface area (Å²) < 4.78 is 0. The van der Waals surface area contributed by atoms with Crippen LogP contribution in [0.2, 0.25) is 0 Å². The maximum Gasteiger partial charge on any atom is 0.332 e. The first-order valence-corrected chi connectivity index (χ1v) is 11.1. The minimum Gasteiger partial charge on any atom is -0.356 e. The number of imide groups is 1. The number of nitrogens with one attached hydrogen (secondary N) is 2. The molecule has 3 heterocycles. The number of H-pyrrole nitrogens is 1. The Balaban J connectivity index is 1.53. The molecule has 2 aliphatic rings. The van der Waals surface area contributed by atoms with E-state index in [1.54, 1.807) is 29.2 Å². The van der Waals surface area contributed by atoms with E-state index in [1.807, 2.05) is 45.0 Å². The zero-order chi connectivity index (χ0) is 22.6. The van der Waals surface area contributed by atoms with E-state index < -0.39 is 6.04 Å². The van der Waals surface area contributed by atoms with Crippen molar-refractivity contribution < 1.29 is 14.4 Å². The van der Waals surface area contributed by atoms with Crippen molar-refractivity contribution in [2.75, 3.05) is 4.90 Å². The van der Waals surface area contributed by atoms with Crippen LogP contribution in [0.3, 0.4) is 0 Å². The molecule has 0 aliphatic carbocycles. The average Bonchev–Trinajstić information content (AvgIpc) is 3.29. The maximum absolute atomic E-state index is 13.5.